The molecule has 3 nitrogen and oxygen atoms in total. The summed E-state index contributed by atoms with van der Waals surface area (Å²) in [6.45, 7) is 3.50. The van der Waals surface area contributed by atoms with Crippen LogP contribution in [0, 0.1) is 6.92 Å². The van der Waals surface area contributed by atoms with Gasteiger partial charge in [0.15, 0.2) is 0 Å². The molecule has 0 saturated carbocycles. The summed E-state index contributed by atoms with van der Waals surface area (Å²) in [6, 6.07) is 16.0. The Morgan fingerprint density at radius 3 is 2.61 bits per heavy atom. The van der Waals surface area contributed by atoms with E-state index >= 15 is 0 Å². The van der Waals surface area contributed by atoms with Crippen LogP contribution in [0.25, 0.3) is 0 Å². The molecule has 2 aromatic rings. The predicted octanol–water partition coefficient (Wildman–Crippen LogP) is 4.20. The van der Waals surface area contributed by atoms with Crippen molar-refractivity contribution in [3.05, 3.63) is 64.7 Å². The van der Waals surface area contributed by atoms with E-state index in [1.165, 1.54) is 5.56 Å². The fourth-order valence-corrected chi connectivity index (χ4v) is 2.52. The molecular formula is C19H23ClN2O. The highest BCUT2D eigenvalue weighted by atomic mass is 35.5. The number of aryl methyl sites for hydroxylation is 1. The predicted molar refractivity (Wildman–Crippen MR) is 97.1 cm³/mol. The minimum Gasteiger partial charge on any atom is -0.326 e. The Hall–Kier alpha value is -1.84. The number of carbonyl (C=O) groups is 1. The highest BCUT2D eigenvalue weighted by Gasteiger charge is 2.06. The van der Waals surface area contributed by atoms with Crippen molar-refractivity contribution >= 4 is 23.2 Å². The van der Waals surface area contributed by atoms with Gasteiger partial charge in [0.2, 0.25) is 5.91 Å². The van der Waals surface area contributed by atoms with Crippen LogP contribution in [0.3, 0.4) is 0 Å². The molecule has 0 unspecified atom stereocenters. The number of halogens is 1. The third-order valence-electron chi connectivity index (χ3n) is 3.73. The van der Waals surface area contributed by atoms with Gasteiger partial charge in [0, 0.05) is 23.7 Å². The molecule has 0 bridgehead atoms. The number of carbonyl (C=O) groups excluding carboxylic acids is 1. The van der Waals surface area contributed by atoms with E-state index in [0.717, 1.165) is 30.6 Å². The van der Waals surface area contributed by atoms with E-state index in [4.69, 9.17) is 11.6 Å². The maximum Gasteiger partial charge on any atom is 0.225 e. The minimum atomic E-state index is 0.00549. The molecule has 2 N–H and O–H groups in total. The zero-order chi connectivity index (χ0) is 16.5. The van der Waals surface area contributed by atoms with Crippen molar-refractivity contribution in [2.45, 2.75) is 26.2 Å². The Balaban J connectivity index is 1.61. The molecule has 0 heterocycles. The summed E-state index contributed by atoms with van der Waals surface area (Å²) in [6.07, 6.45) is 2.58. The van der Waals surface area contributed by atoms with Crippen molar-refractivity contribution < 1.29 is 4.79 Å². The molecule has 0 radical (unpaired) electrons. The molecule has 1 amide bonds. The summed E-state index contributed by atoms with van der Waals surface area (Å²) in [7, 11) is 0. The van der Waals surface area contributed by atoms with Crippen LogP contribution in [0.1, 0.15) is 24.0 Å². The quantitative estimate of drug-likeness (QED) is 0.712. The van der Waals surface area contributed by atoms with Crippen LogP contribution in [0.2, 0.25) is 5.02 Å². The standard InChI is InChI=1S/C19H23ClN2O/c1-15-17(20)10-5-11-18(15)22-19(23)12-14-21-13-6-9-16-7-3-2-4-8-16/h2-5,7-8,10-11,21H,6,9,12-14H2,1H3,(H,22,23). The van der Waals surface area contributed by atoms with Crippen LogP contribution in [-0.2, 0) is 11.2 Å². The van der Waals surface area contributed by atoms with E-state index in [1.54, 1.807) is 0 Å². The van der Waals surface area contributed by atoms with Gasteiger partial charge in [-0.25, -0.2) is 0 Å². The number of benzene rings is 2. The summed E-state index contributed by atoms with van der Waals surface area (Å²) < 4.78 is 0. The zero-order valence-electron chi connectivity index (χ0n) is 13.4. The summed E-state index contributed by atoms with van der Waals surface area (Å²) in [5, 5.41) is 6.88. The van der Waals surface area contributed by atoms with Crippen molar-refractivity contribution in [1.82, 2.24) is 5.32 Å². The molecular weight excluding hydrogens is 308 g/mol. The fraction of sp³-hybridized carbons (Fsp3) is 0.316. The highest BCUT2D eigenvalue weighted by Crippen LogP contribution is 2.22. The minimum absolute atomic E-state index is 0.00549. The Morgan fingerprint density at radius 2 is 1.83 bits per heavy atom. The molecule has 0 aliphatic carbocycles. The summed E-state index contributed by atoms with van der Waals surface area (Å²) in [5.74, 6) is 0.00549. The molecule has 0 aliphatic rings. The average Bonchev–Trinajstić information content (AvgIpc) is 2.56. The lowest BCUT2D eigenvalue weighted by Gasteiger charge is -2.10. The normalized spacial score (nSPS) is 10.5. The van der Waals surface area contributed by atoms with E-state index < -0.39 is 0 Å². The van der Waals surface area contributed by atoms with Gasteiger partial charge < -0.3 is 10.6 Å². The monoisotopic (exact) mass is 330 g/mol. The Labute approximate surface area is 143 Å². The molecule has 0 spiro atoms. The fourth-order valence-electron chi connectivity index (χ4n) is 2.34. The van der Waals surface area contributed by atoms with Gasteiger partial charge in [0.05, 0.1) is 0 Å². The van der Waals surface area contributed by atoms with E-state index in [0.29, 0.717) is 18.0 Å². The second-order valence-electron chi connectivity index (χ2n) is 5.55. The zero-order valence-corrected chi connectivity index (χ0v) is 14.2. The number of amides is 1. The van der Waals surface area contributed by atoms with Crippen LogP contribution in [-0.4, -0.2) is 19.0 Å². The molecule has 0 aliphatic heterocycles. The van der Waals surface area contributed by atoms with Crippen LogP contribution < -0.4 is 10.6 Å². The first kappa shape index (κ1) is 17.5. The molecule has 2 aromatic carbocycles. The largest absolute Gasteiger partial charge is 0.326 e. The molecule has 0 atom stereocenters. The van der Waals surface area contributed by atoms with Crippen molar-refractivity contribution in [2.75, 3.05) is 18.4 Å². The number of hydrogen-bond donors (Lipinski definition) is 2. The van der Waals surface area contributed by atoms with Crippen molar-refractivity contribution in [3.63, 3.8) is 0 Å². The van der Waals surface area contributed by atoms with Gasteiger partial charge in [-0.15, -0.1) is 0 Å². The second-order valence-corrected chi connectivity index (χ2v) is 5.96. The summed E-state index contributed by atoms with van der Waals surface area (Å²) >= 11 is 6.05. The van der Waals surface area contributed by atoms with Crippen molar-refractivity contribution in [3.8, 4) is 0 Å². The molecule has 2 rings (SSSR count). The first-order valence-corrected chi connectivity index (χ1v) is 8.34. The van der Waals surface area contributed by atoms with Gasteiger partial charge in [0.1, 0.15) is 0 Å². The van der Waals surface area contributed by atoms with Crippen LogP contribution >= 0.6 is 11.6 Å². The molecule has 0 saturated heterocycles. The van der Waals surface area contributed by atoms with Crippen molar-refractivity contribution in [1.29, 1.82) is 0 Å². The molecule has 122 valence electrons. The highest BCUT2D eigenvalue weighted by molar-refractivity contribution is 6.31. The lowest BCUT2D eigenvalue weighted by molar-refractivity contribution is -0.116. The van der Waals surface area contributed by atoms with Gasteiger partial charge in [-0.2, -0.15) is 0 Å². The molecule has 0 aromatic heterocycles. The number of hydrogen-bond acceptors (Lipinski definition) is 2. The topological polar surface area (TPSA) is 41.1 Å². The lowest BCUT2D eigenvalue weighted by Crippen LogP contribution is -2.23. The van der Waals surface area contributed by atoms with Crippen LogP contribution in [0.15, 0.2) is 48.5 Å². The molecule has 23 heavy (non-hydrogen) atoms. The third kappa shape index (κ3) is 6.05. The first-order valence-electron chi connectivity index (χ1n) is 7.96. The number of anilines is 1. The second kappa shape index (κ2) is 9.33. The van der Waals surface area contributed by atoms with Gasteiger partial charge in [-0.1, -0.05) is 48.0 Å². The third-order valence-corrected chi connectivity index (χ3v) is 4.14. The summed E-state index contributed by atoms with van der Waals surface area (Å²) in [4.78, 5) is 11.9. The maximum absolute atomic E-state index is 11.9. The van der Waals surface area contributed by atoms with Gasteiger partial charge >= 0.3 is 0 Å². The molecule has 4 heteroatoms. The van der Waals surface area contributed by atoms with E-state index in [1.807, 2.05) is 31.2 Å². The van der Waals surface area contributed by atoms with Crippen LogP contribution in [0.4, 0.5) is 5.69 Å². The van der Waals surface area contributed by atoms with Crippen molar-refractivity contribution in [2.24, 2.45) is 0 Å². The van der Waals surface area contributed by atoms with Crippen LogP contribution in [0.5, 0.6) is 0 Å². The number of rotatable bonds is 8. The SMILES string of the molecule is Cc1c(Cl)cccc1NC(=O)CCNCCCc1ccccc1. The van der Waals surface area contributed by atoms with E-state index in [-0.39, 0.29) is 5.91 Å². The maximum atomic E-state index is 11.9. The average molecular weight is 331 g/mol. The first-order chi connectivity index (χ1) is 11.2. The van der Waals surface area contributed by atoms with E-state index in [2.05, 4.69) is 34.9 Å². The number of nitrogens with one attached hydrogen (secondary N) is 2. The Kier molecular flexibility index (Phi) is 7.11. The smallest absolute Gasteiger partial charge is 0.225 e. The van der Waals surface area contributed by atoms with Gasteiger partial charge in [0.25, 0.3) is 0 Å². The van der Waals surface area contributed by atoms with Gasteiger partial charge in [-0.05, 0) is 49.6 Å². The molecule has 0 fully saturated rings. The Bertz CT molecular complexity index is 629. The lowest BCUT2D eigenvalue weighted by atomic mass is 10.1. The Morgan fingerprint density at radius 1 is 1.04 bits per heavy atom. The van der Waals surface area contributed by atoms with Gasteiger partial charge in [-0.3, -0.25) is 4.79 Å². The summed E-state index contributed by atoms with van der Waals surface area (Å²) in [5.41, 5.74) is 3.04. The van der Waals surface area contributed by atoms with E-state index in [9.17, 15) is 4.79 Å².